The molecule has 1 aliphatic heterocycles. The van der Waals surface area contributed by atoms with Gasteiger partial charge in [0, 0.05) is 51.2 Å². The topological polar surface area (TPSA) is 65.4 Å². The van der Waals surface area contributed by atoms with Crippen molar-refractivity contribution in [3.63, 3.8) is 0 Å². The van der Waals surface area contributed by atoms with Crippen LogP contribution in [-0.2, 0) is 13.0 Å². The Kier molecular flexibility index (Phi) is 6.22. The average molecular weight is 359 g/mol. The van der Waals surface area contributed by atoms with Gasteiger partial charge in [-0.15, -0.1) is 11.3 Å². The number of aryl methyl sites for hydroxylation is 1. The van der Waals surface area contributed by atoms with Crippen LogP contribution in [0.15, 0.2) is 28.7 Å². The van der Waals surface area contributed by atoms with Crippen molar-refractivity contribution in [1.29, 1.82) is 0 Å². The molecule has 0 bridgehead atoms. The fraction of sp³-hybridized carbons (Fsp3) is 0.500. The number of nitrogens with one attached hydrogen (secondary N) is 2. The van der Waals surface area contributed by atoms with Gasteiger partial charge in [-0.25, -0.2) is 9.97 Å². The molecule has 1 fully saturated rings. The molecule has 134 valence electrons. The van der Waals surface area contributed by atoms with E-state index in [1.807, 2.05) is 13.1 Å². The minimum absolute atomic E-state index is 0.735. The van der Waals surface area contributed by atoms with Gasteiger partial charge in [-0.05, 0) is 37.5 Å². The molecule has 0 radical (unpaired) electrons. The number of pyridine rings is 1. The van der Waals surface area contributed by atoms with Gasteiger partial charge in [0.05, 0.1) is 10.7 Å². The lowest BCUT2D eigenvalue weighted by Gasteiger charge is -2.17. The zero-order chi connectivity index (χ0) is 17.5. The molecular formula is C18H26N6S. The van der Waals surface area contributed by atoms with Crippen LogP contribution in [0.1, 0.15) is 29.1 Å². The van der Waals surface area contributed by atoms with Crippen molar-refractivity contribution in [3.05, 3.63) is 40.0 Å². The highest BCUT2D eigenvalue weighted by atomic mass is 32.1. The highest BCUT2D eigenvalue weighted by molar-refractivity contribution is 7.09. The standard InChI is InChI=1S/C18H26N6S/c1-14-23-16(13-25-14)6-8-21-18(19-2)22-12-15-5-7-20-17(11-15)24-9-3-4-10-24/h5,7,11,13H,3-4,6,8-10,12H2,1-2H3,(H2,19,21,22). The number of aliphatic imine (C=N–C) groups is 1. The Labute approximate surface area is 153 Å². The van der Waals surface area contributed by atoms with Gasteiger partial charge in [0.1, 0.15) is 5.82 Å². The Morgan fingerprint density at radius 1 is 1.32 bits per heavy atom. The van der Waals surface area contributed by atoms with Crippen LogP contribution < -0.4 is 15.5 Å². The first kappa shape index (κ1) is 17.7. The van der Waals surface area contributed by atoms with Crippen LogP contribution in [0.3, 0.4) is 0 Å². The van der Waals surface area contributed by atoms with Gasteiger partial charge in [0.15, 0.2) is 5.96 Å². The van der Waals surface area contributed by atoms with Crippen molar-refractivity contribution >= 4 is 23.1 Å². The molecule has 0 unspecified atom stereocenters. The summed E-state index contributed by atoms with van der Waals surface area (Å²) in [6, 6.07) is 4.22. The lowest BCUT2D eigenvalue weighted by atomic mass is 10.2. The third-order valence-electron chi connectivity index (χ3n) is 4.26. The molecule has 0 atom stereocenters. The molecule has 0 spiro atoms. The highest BCUT2D eigenvalue weighted by Gasteiger charge is 2.13. The van der Waals surface area contributed by atoms with Crippen LogP contribution in [0, 0.1) is 6.92 Å². The van der Waals surface area contributed by atoms with Crippen molar-refractivity contribution < 1.29 is 0 Å². The Morgan fingerprint density at radius 3 is 2.88 bits per heavy atom. The number of aromatic nitrogens is 2. The van der Waals surface area contributed by atoms with Gasteiger partial charge in [-0.3, -0.25) is 4.99 Å². The summed E-state index contributed by atoms with van der Waals surface area (Å²) in [5, 5.41) is 9.94. The number of anilines is 1. The van der Waals surface area contributed by atoms with E-state index in [4.69, 9.17) is 0 Å². The number of hydrogen-bond acceptors (Lipinski definition) is 5. The Balaban J connectivity index is 1.46. The van der Waals surface area contributed by atoms with E-state index in [2.05, 4.69) is 48.0 Å². The van der Waals surface area contributed by atoms with E-state index in [-0.39, 0.29) is 0 Å². The minimum Gasteiger partial charge on any atom is -0.357 e. The molecule has 7 heteroatoms. The molecule has 1 aliphatic rings. The maximum atomic E-state index is 4.50. The molecule has 0 amide bonds. The van der Waals surface area contributed by atoms with Crippen LogP contribution in [0.2, 0.25) is 0 Å². The van der Waals surface area contributed by atoms with Gasteiger partial charge in [0.2, 0.25) is 0 Å². The summed E-state index contributed by atoms with van der Waals surface area (Å²) >= 11 is 1.69. The summed E-state index contributed by atoms with van der Waals surface area (Å²) in [5.41, 5.74) is 2.35. The smallest absolute Gasteiger partial charge is 0.191 e. The van der Waals surface area contributed by atoms with E-state index < -0.39 is 0 Å². The fourth-order valence-corrected chi connectivity index (χ4v) is 3.58. The SMILES string of the molecule is CN=C(NCCc1csc(C)n1)NCc1ccnc(N2CCCC2)c1. The summed E-state index contributed by atoms with van der Waals surface area (Å²) in [4.78, 5) is 15.6. The number of thiazole rings is 1. The quantitative estimate of drug-likeness (QED) is 0.613. The highest BCUT2D eigenvalue weighted by Crippen LogP contribution is 2.18. The molecule has 2 N–H and O–H groups in total. The van der Waals surface area contributed by atoms with E-state index >= 15 is 0 Å². The summed E-state index contributed by atoms with van der Waals surface area (Å²) in [5.74, 6) is 1.89. The van der Waals surface area contributed by atoms with Gasteiger partial charge < -0.3 is 15.5 Å². The van der Waals surface area contributed by atoms with Crippen LogP contribution in [0.25, 0.3) is 0 Å². The van der Waals surface area contributed by atoms with E-state index in [1.54, 1.807) is 18.4 Å². The van der Waals surface area contributed by atoms with Crippen molar-refractivity contribution in [2.75, 3.05) is 31.6 Å². The van der Waals surface area contributed by atoms with Crippen molar-refractivity contribution in [2.24, 2.45) is 4.99 Å². The first-order valence-electron chi connectivity index (χ1n) is 8.80. The molecule has 3 heterocycles. The largest absolute Gasteiger partial charge is 0.357 e. The van der Waals surface area contributed by atoms with Crippen LogP contribution >= 0.6 is 11.3 Å². The van der Waals surface area contributed by atoms with Gasteiger partial charge in [-0.2, -0.15) is 0 Å². The normalized spacial score (nSPS) is 14.8. The second-order valence-corrected chi connectivity index (χ2v) is 7.24. The minimum atomic E-state index is 0.735. The monoisotopic (exact) mass is 358 g/mol. The number of nitrogens with zero attached hydrogens (tertiary/aromatic N) is 4. The Morgan fingerprint density at radius 2 is 2.16 bits per heavy atom. The first-order valence-corrected chi connectivity index (χ1v) is 9.68. The predicted molar refractivity (Wildman–Crippen MR) is 104 cm³/mol. The molecule has 0 aliphatic carbocycles. The third-order valence-corrected chi connectivity index (χ3v) is 5.09. The lowest BCUT2D eigenvalue weighted by molar-refractivity contribution is 0.784. The van der Waals surface area contributed by atoms with Crippen molar-refractivity contribution in [2.45, 2.75) is 32.7 Å². The fourth-order valence-electron chi connectivity index (χ4n) is 2.93. The number of hydrogen-bond donors (Lipinski definition) is 2. The Bertz CT molecular complexity index is 705. The van der Waals surface area contributed by atoms with Gasteiger partial charge in [-0.1, -0.05) is 0 Å². The molecule has 1 saturated heterocycles. The molecule has 6 nitrogen and oxygen atoms in total. The van der Waals surface area contributed by atoms with Gasteiger partial charge in [0.25, 0.3) is 0 Å². The van der Waals surface area contributed by atoms with Crippen molar-refractivity contribution in [1.82, 2.24) is 20.6 Å². The van der Waals surface area contributed by atoms with Crippen LogP contribution in [0.5, 0.6) is 0 Å². The molecule has 0 saturated carbocycles. The third kappa shape index (κ3) is 5.16. The second kappa shape index (κ2) is 8.80. The summed E-state index contributed by atoms with van der Waals surface area (Å²) in [7, 11) is 1.80. The van der Waals surface area contributed by atoms with Crippen LogP contribution in [-0.4, -0.2) is 42.6 Å². The number of guanidine groups is 1. The number of rotatable bonds is 6. The molecule has 3 rings (SSSR count). The summed E-state index contributed by atoms with van der Waals surface area (Å²) < 4.78 is 0. The second-order valence-electron chi connectivity index (χ2n) is 6.18. The first-order chi connectivity index (χ1) is 12.2. The predicted octanol–water partition coefficient (Wildman–Crippen LogP) is 2.35. The zero-order valence-corrected chi connectivity index (χ0v) is 15.8. The Hall–Kier alpha value is -2.15. The van der Waals surface area contributed by atoms with Gasteiger partial charge >= 0.3 is 0 Å². The van der Waals surface area contributed by atoms with Crippen molar-refractivity contribution in [3.8, 4) is 0 Å². The summed E-state index contributed by atoms with van der Waals surface area (Å²) in [6.45, 7) is 5.82. The van der Waals surface area contributed by atoms with E-state index in [9.17, 15) is 0 Å². The van der Waals surface area contributed by atoms with E-state index in [0.717, 1.165) is 55.1 Å². The average Bonchev–Trinajstić information content (AvgIpc) is 3.30. The molecule has 0 aromatic carbocycles. The maximum Gasteiger partial charge on any atom is 0.191 e. The van der Waals surface area contributed by atoms with E-state index in [0.29, 0.717) is 0 Å². The molecular weight excluding hydrogens is 332 g/mol. The zero-order valence-electron chi connectivity index (χ0n) is 15.0. The molecule has 25 heavy (non-hydrogen) atoms. The van der Waals surface area contributed by atoms with Crippen LogP contribution in [0.4, 0.5) is 5.82 Å². The molecule has 2 aromatic rings. The lowest BCUT2D eigenvalue weighted by Crippen LogP contribution is -2.37. The maximum absolute atomic E-state index is 4.50. The summed E-state index contributed by atoms with van der Waals surface area (Å²) in [6.07, 6.45) is 5.32. The molecule has 2 aromatic heterocycles. The van der Waals surface area contributed by atoms with E-state index in [1.165, 1.54) is 18.4 Å².